The van der Waals surface area contributed by atoms with E-state index >= 15 is 0 Å². The van der Waals surface area contributed by atoms with Gasteiger partial charge in [0.25, 0.3) is 0 Å². The predicted octanol–water partition coefficient (Wildman–Crippen LogP) is -1.79. The third-order valence-corrected chi connectivity index (χ3v) is 2.95. The normalized spacial score (nSPS) is 9.71. The first-order valence-corrected chi connectivity index (χ1v) is 5.70. The fourth-order valence-electron chi connectivity index (χ4n) is 1.41. The van der Waals surface area contributed by atoms with Crippen molar-refractivity contribution in [2.24, 2.45) is 0 Å². The predicted molar refractivity (Wildman–Crippen MR) is 62.2 cm³/mol. The first-order chi connectivity index (χ1) is 7.66. The summed E-state index contributed by atoms with van der Waals surface area (Å²) < 4.78 is 1.54. The van der Waals surface area contributed by atoms with Crippen LogP contribution < -0.4 is 27.4 Å². The third kappa shape index (κ3) is 3.34. The summed E-state index contributed by atoms with van der Waals surface area (Å²) in [6.07, 6.45) is 0. The number of carbonyl (C=O) groups excluding carboxylic acids is 1. The molecule has 17 heavy (non-hydrogen) atoms. The van der Waals surface area contributed by atoms with Gasteiger partial charge in [-0.05, 0) is 18.3 Å². The van der Waals surface area contributed by atoms with E-state index in [1.165, 1.54) is 16.0 Å². The van der Waals surface area contributed by atoms with Gasteiger partial charge in [-0.15, -0.1) is 4.68 Å². The minimum Gasteiger partial charge on any atom is -1.00 e. The second-order valence-electron chi connectivity index (χ2n) is 3.41. The van der Waals surface area contributed by atoms with Crippen LogP contribution in [0.1, 0.15) is 15.4 Å². The molecule has 0 atom stereocenters. The molecule has 0 spiro atoms. The highest BCUT2D eigenvalue weighted by atomic mass is 79.9. The lowest BCUT2D eigenvalue weighted by molar-refractivity contribution is -0.723. The van der Waals surface area contributed by atoms with Crippen LogP contribution >= 0.6 is 11.3 Å². The number of nitrogen functional groups attached to an aromatic ring is 1. The molecule has 2 rings (SSSR count). The number of hydrogen-bond donors (Lipinski definition) is 1. The SMILES string of the molecule is Cc1n[n+](CC(=O)c2ccccc2)c(N)s1.[Br-]. The van der Waals surface area contributed by atoms with E-state index in [1.54, 1.807) is 12.1 Å². The minimum atomic E-state index is 0. The van der Waals surface area contributed by atoms with Crippen LogP contribution in [0.4, 0.5) is 5.13 Å². The zero-order valence-electron chi connectivity index (χ0n) is 9.26. The molecule has 0 aliphatic carbocycles. The molecule has 0 radical (unpaired) electrons. The average molecular weight is 314 g/mol. The fraction of sp³-hybridized carbons (Fsp3) is 0.182. The van der Waals surface area contributed by atoms with E-state index in [9.17, 15) is 4.79 Å². The Hall–Kier alpha value is -1.27. The summed E-state index contributed by atoms with van der Waals surface area (Å²) in [6, 6.07) is 9.14. The highest BCUT2D eigenvalue weighted by molar-refractivity contribution is 7.14. The lowest BCUT2D eigenvalue weighted by Crippen LogP contribution is -3.00. The first kappa shape index (κ1) is 13.8. The molecule has 1 aromatic heterocycles. The highest BCUT2D eigenvalue weighted by Gasteiger charge is 2.16. The Morgan fingerprint density at radius 3 is 2.59 bits per heavy atom. The van der Waals surface area contributed by atoms with Crippen molar-refractivity contribution in [2.45, 2.75) is 13.5 Å². The molecule has 0 unspecified atom stereocenters. The standard InChI is InChI=1S/C11H11N3OS.BrH/c1-8-13-14(11(12)16-8)7-10(15)9-5-3-2-4-6-9;/h2-6,12H,7H2,1H3;1H. The van der Waals surface area contributed by atoms with Gasteiger partial charge in [0, 0.05) is 5.56 Å². The summed E-state index contributed by atoms with van der Waals surface area (Å²) in [5, 5.41) is 5.58. The van der Waals surface area contributed by atoms with Gasteiger partial charge >= 0.3 is 5.13 Å². The molecule has 90 valence electrons. The summed E-state index contributed by atoms with van der Waals surface area (Å²) in [5.74, 6) is 0.0163. The van der Waals surface area contributed by atoms with Crippen molar-refractivity contribution in [3.63, 3.8) is 0 Å². The van der Waals surface area contributed by atoms with Crippen molar-refractivity contribution in [1.29, 1.82) is 0 Å². The van der Waals surface area contributed by atoms with Crippen molar-refractivity contribution < 1.29 is 26.5 Å². The van der Waals surface area contributed by atoms with Crippen molar-refractivity contribution in [2.75, 3.05) is 5.73 Å². The first-order valence-electron chi connectivity index (χ1n) is 4.88. The number of Topliss-reactive ketones (excluding diaryl/α,β-unsaturated/α-hetero) is 1. The number of nitrogens with two attached hydrogens (primary N) is 1. The monoisotopic (exact) mass is 313 g/mol. The minimum absolute atomic E-state index is 0. The van der Waals surface area contributed by atoms with E-state index in [-0.39, 0.29) is 29.3 Å². The van der Waals surface area contributed by atoms with Gasteiger partial charge in [-0.2, -0.15) is 0 Å². The number of carbonyl (C=O) groups is 1. The van der Waals surface area contributed by atoms with Crippen LogP contribution in [0.15, 0.2) is 30.3 Å². The molecule has 0 aliphatic rings. The summed E-state index contributed by atoms with van der Waals surface area (Å²) in [6.45, 7) is 2.06. The maximum atomic E-state index is 11.9. The number of halogens is 1. The molecule has 1 aromatic carbocycles. The second kappa shape index (κ2) is 5.88. The molecule has 0 saturated carbocycles. The van der Waals surface area contributed by atoms with E-state index in [0.717, 1.165) is 5.01 Å². The number of hydrogen-bond acceptors (Lipinski definition) is 4. The number of ketones is 1. The Morgan fingerprint density at radius 2 is 2.06 bits per heavy atom. The number of aromatic nitrogens is 2. The van der Waals surface area contributed by atoms with Crippen LogP contribution in [0.25, 0.3) is 0 Å². The van der Waals surface area contributed by atoms with E-state index in [0.29, 0.717) is 10.7 Å². The summed E-state index contributed by atoms with van der Waals surface area (Å²) in [7, 11) is 0. The van der Waals surface area contributed by atoms with Crippen LogP contribution in [0.2, 0.25) is 0 Å². The van der Waals surface area contributed by atoms with Gasteiger partial charge < -0.3 is 17.0 Å². The van der Waals surface area contributed by atoms with Gasteiger partial charge in [0.1, 0.15) is 5.01 Å². The Morgan fingerprint density at radius 1 is 1.41 bits per heavy atom. The molecule has 0 aliphatic heterocycles. The lowest BCUT2D eigenvalue weighted by atomic mass is 10.1. The molecular formula is C11H12BrN3OS. The van der Waals surface area contributed by atoms with E-state index in [1.807, 2.05) is 25.1 Å². The average Bonchev–Trinajstić information content (AvgIpc) is 2.59. The number of benzene rings is 1. The highest BCUT2D eigenvalue weighted by Crippen LogP contribution is 2.08. The number of rotatable bonds is 3. The van der Waals surface area contributed by atoms with Crippen LogP contribution in [0.3, 0.4) is 0 Å². The van der Waals surface area contributed by atoms with Gasteiger partial charge in [-0.25, -0.2) is 0 Å². The van der Waals surface area contributed by atoms with Crippen molar-refractivity contribution >= 4 is 22.3 Å². The molecule has 2 aromatic rings. The van der Waals surface area contributed by atoms with Crippen molar-refractivity contribution in [1.82, 2.24) is 5.10 Å². The number of anilines is 1. The van der Waals surface area contributed by atoms with Crippen LogP contribution in [-0.4, -0.2) is 10.9 Å². The summed E-state index contributed by atoms with van der Waals surface area (Å²) >= 11 is 1.38. The van der Waals surface area contributed by atoms with E-state index in [2.05, 4.69) is 5.10 Å². The van der Waals surface area contributed by atoms with Gasteiger partial charge in [0.05, 0.1) is 0 Å². The Kier molecular flexibility index (Phi) is 4.77. The van der Waals surface area contributed by atoms with E-state index in [4.69, 9.17) is 5.73 Å². The van der Waals surface area contributed by atoms with Gasteiger partial charge in [0.15, 0.2) is 6.54 Å². The maximum absolute atomic E-state index is 11.9. The zero-order valence-corrected chi connectivity index (χ0v) is 11.7. The molecule has 0 bridgehead atoms. The molecule has 2 N–H and O–H groups in total. The number of nitrogens with zero attached hydrogens (tertiary/aromatic N) is 2. The quantitative estimate of drug-likeness (QED) is 0.538. The zero-order chi connectivity index (χ0) is 11.5. The third-order valence-electron chi connectivity index (χ3n) is 2.16. The van der Waals surface area contributed by atoms with Gasteiger partial charge in [-0.1, -0.05) is 35.4 Å². The van der Waals surface area contributed by atoms with Crippen LogP contribution in [-0.2, 0) is 6.54 Å². The molecule has 0 fully saturated rings. The largest absolute Gasteiger partial charge is 1.00 e. The number of aryl methyl sites for hydroxylation is 1. The molecule has 1 heterocycles. The lowest BCUT2D eigenvalue weighted by Gasteiger charge is -1.97. The Labute approximate surface area is 114 Å². The molecule has 0 saturated heterocycles. The molecule has 6 heteroatoms. The van der Waals surface area contributed by atoms with Crippen molar-refractivity contribution in [3.05, 3.63) is 40.9 Å². The summed E-state index contributed by atoms with van der Waals surface area (Å²) in [5.41, 5.74) is 6.42. The van der Waals surface area contributed by atoms with Crippen LogP contribution in [0.5, 0.6) is 0 Å². The maximum Gasteiger partial charge on any atom is 0.354 e. The van der Waals surface area contributed by atoms with Gasteiger partial charge in [0.2, 0.25) is 5.78 Å². The second-order valence-corrected chi connectivity index (χ2v) is 4.62. The summed E-state index contributed by atoms with van der Waals surface area (Å²) in [4.78, 5) is 11.9. The van der Waals surface area contributed by atoms with E-state index < -0.39 is 0 Å². The Balaban J connectivity index is 0.00000144. The fourth-order valence-corrected chi connectivity index (χ4v) is 2.06. The van der Waals surface area contributed by atoms with Gasteiger partial charge in [-0.3, -0.25) is 10.5 Å². The molecular weight excluding hydrogens is 302 g/mol. The molecule has 4 nitrogen and oxygen atoms in total. The Bertz CT molecular complexity index is 513. The van der Waals surface area contributed by atoms with Crippen LogP contribution in [0, 0.1) is 6.92 Å². The smallest absolute Gasteiger partial charge is 0.354 e. The molecule has 0 amide bonds. The van der Waals surface area contributed by atoms with Crippen molar-refractivity contribution in [3.8, 4) is 0 Å². The topological polar surface area (TPSA) is 59.9 Å².